The molecular formula is C11H10Cl2N2OS. The molecule has 0 aliphatic heterocycles. The number of rotatable bonds is 4. The highest BCUT2D eigenvalue weighted by molar-refractivity contribution is 7.15. The van der Waals surface area contributed by atoms with E-state index in [0.717, 1.165) is 16.4 Å². The molecular weight excluding hydrogens is 279 g/mol. The fraction of sp³-hybridized carbons (Fsp3) is 0.182. The number of nitrogens with one attached hydrogen (secondary N) is 1. The quantitative estimate of drug-likeness (QED) is 0.921. The minimum atomic E-state index is 0.591. The zero-order chi connectivity index (χ0) is 12.3. The molecule has 6 heteroatoms. The van der Waals surface area contributed by atoms with E-state index in [1.807, 2.05) is 12.1 Å². The van der Waals surface area contributed by atoms with Crippen molar-refractivity contribution < 1.29 is 4.74 Å². The van der Waals surface area contributed by atoms with Gasteiger partial charge >= 0.3 is 0 Å². The van der Waals surface area contributed by atoms with Gasteiger partial charge in [0.25, 0.3) is 0 Å². The van der Waals surface area contributed by atoms with Crippen molar-refractivity contribution in [1.82, 2.24) is 4.98 Å². The van der Waals surface area contributed by atoms with E-state index in [4.69, 9.17) is 27.9 Å². The van der Waals surface area contributed by atoms with Crippen LogP contribution in [0, 0.1) is 0 Å². The maximum atomic E-state index is 5.93. The Morgan fingerprint density at radius 2 is 2.24 bits per heavy atom. The van der Waals surface area contributed by atoms with Gasteiger partial charge < -0.3 is 10.1 Å². The summed E-state index contributed by atoms with van der Waals surface area (Å²) in [5, 5.41) is 4.79. The monoisotopic (exact) mass is 288 g/mol. The van der Waals surface area contributed by atoms with E-state index in [2.05, 4.69) is 10.3 Å². The number of benzene rings is 1. The number of thiazole rings is 1. The van der Waals surface area contributed by atoms with Crippen LogP contribution in [0.15, 0.2) is 24.4 Å². The van der Waals surface area contributed by atoms with Gasteiger partial charge in [-0.15, -0.1) is 11.3 Å². The van der Waals surface area contributed by atoms with Crippen LogP contribution >= 0.6 is 34.5 Å². The van der Waals surface area contributed by atoms with Crippen LogP contribution in [-0.4, -0.2) is 12.1 Å². The Bertz CT molecular complexity index is 516. The van der Waals surface area contributed by atoms with Gasteiger partial charge in [0.15, 0.2) is 0 Å². The molecule has 0 bridgehead atoms. The summed E-state index contributed by atoms with van der Waals surface area (Å²) in [6, 6.07) is 5.42. The molecule has 2 rings (SSSR count). The Kier molecular flexibility index (Phi) is 4.10. The first-order chi connectivity index (χ1) is 8.19. The first-order valence-electron chi connectivity index (χ1n) is 4.86. The van der Waals surface area contributed by atoms with Gasteiger partial charge in [0, 0.05) is 5.02 Å². The SMILES string of the molecule is COc1ccc(Cl)cc1NCc1ncc(Cl)s1. The largest absolute Gasteiger partial charge is 0.495 e. The van der Waals surface area contributed by atoms with Crippen LogP contribution in [0.3, 0.4) is 0 Å². The molecule has 1 aromatic heterocycles. The van der Waals surface area contributed by atoms with E-state index < -0.39 is 0 Å². The number of aromatic nitrogens is 1. The third-order valence-corrected chi connectivity index (χ3v) is 3.47. The van der Waals surface area contributed by atoms with Crippen molar-refractivity contribution in [2.24, 2.45) is 0 Å². The van der Waals surface area contributed by atoms with Crippen LogP contribution in [0.4, 0.5) is 5.69 Å². The highest BCUT2D eigenvalue weighted by Crippen LogP contribution is 2.28. The molecule has 0 aliphatic rings. The lowest BCUT2D eigenvalue weighted by Gasteiger charge is -2.10. The fourth-order valence-electron chi connectivity index (χ4n) is 1.36. The van der Waals surface area contributed by atoms with E-state index in [-0.39, 0.29) is 0 Å². The molecule has 0 saturated carbocycles. The highest BCUT2D eigenvalue weighted by Gasteiger charge is 2.05. The molecule has 2 aromatic rings. The second-order valence-corrected chi connectivity index (χ2v) is 5.44. The summed E-state index contributed by atoms with van der Waals surface area (Å²) in [5.41, 5.74) is 0.839. The second-order valence-electron chi connectivity index (χ2n) is 3.26. The zero-order valence-electron chi connectivity index (χ0n) is 9.04. The van der Waals surface area contributed by atoms with Gasteiger partial charge in [-0.3, -0.25) is 0 Å². The lowest BCUT2D eigenvalue weighted by Crippen LogP contribution is -2.00. The topological polar surface area (TPSA) is 34.1 Å². The van der Waals surface area contributed by atoms with Gasteiger partial charge in [-0.2, -0.15) is 0 Å². The number of halogens is 2. The summed E-state index contributed by atoms with van der Waals surface area (Å²) in [4.78, 5) is 4.16. The summed E-state index contributed by atoms with van der Waals surface area (Å²) in [6.07, 6.45) is 1.64. The van der Waals surface area contributed by atoms with Crippen LogP contribution in [0.1, 0.15) is 5.01 Å². The van der Waals surface area contributed by atoms with Crippen LogP contribution < -0.4 is 10.1 Å². The molecule has 0 radical (unpaired) electrons. The van der Waals surface area contributed by atoms with Crippen molar-refractivity contribution in [1.29, 1.82) is 0 Å². The Hall–Kier alpha value is -0.970. The summed E-state index contributed by atoms with van der Waals surface area (Å²) in [7, 11) is 1.62. The van der Waals surface area contributed by atoms with E-state index >= 15 is 0 Å². The Balaban J connectivity index is 2.10. The first kappa shape index (κ1) is 12.5. The molecule has 1 aromatic carbocycles. The predicted octanol–water partition coefficient (Wildman–Crippen LogP) is 4.07. The molecule has 0 saturated heterocycles. The molecule has 0 unspecified atom stereocenters. The smallest absolute Gasteiger partial charge is 0.142 e. The number of methoxy groups -OCH3 is 1. The first-order valence-corrected chi connectivity index (χ1v) is 6.44. The number of anilines is 1. The molecule has 17 heavy (non-hydrogen) atoms. The Morgan fingerprint density at radius 3 is 2.88 bits per heavy atom. The molecule has 0 spiro atoms. The average Bonchev–Trinajstić information content (AvgIpc) is 2.73. The number of ether oxygens (including phenoxy) is 1. The van der Waals surface area contributed by atoms with Crippen molar-refractivity contribution in [2.75, 3.05) is 12.4 Å². The van der Waals surface area contributed by atoms with Crippen LogP contribution in [0.5, 0.6) is 5.75 Å². The van der Waals surface area contributed by atoms with E-state index in [9.17, 15) is 0 Å². The van der Waals surface area contributed by atoms with Crippen molar-refractivity contribution in [3.8, 4) is 5.75 Å². The molecule has 0 amide bonds. The molecule has 90 valence electrons. The Morgan fingerprint density at radius 1 is 1.41 bits per heavy atom. The van der Waals surface area contributed by atoms with Gasteiger partial charge in [0.05, 0.1) is 25.5 Å². The maximum Gasteiger partial charge on any atom is 0.142 e. The van der Waals surface area contributed by atoms with Crippen molar-refractivity contribution >= 4 is 40.2 Å². The van der Waals surface area contributed by atoms with Crippen molar-refractivity contribution in [3.05, 3.63) is 38.8 Å². The third kappa shape index (κ3) is 3.25. The number of nitrogens with zero attached hydrogens (tertiary/aromatic N) is 1. The lowest BCUT2D eigenvalue weighted by atomic mass is 10.3. The normalized spacial score (nSPS) is 10.3. The van der Waals surface area contributed by atoms with E-state index in [0.29, 0.717) is 15.9 Å². The third-order valence-electron chi connectivity index (χ3n) is 2.12. The van der Waals surface area contributed by atoms with Gasteiger partial charge in [-0.25, -0.2) is 4.98 Å². The average molecular weight is 289 g/mol. The minimum absolute atomic E-state index is 0.591. The summed E-state index contributed by atoms with van der Waals surface area (Å²) >= 11 is 13.2. The van der Waals surface area contributed by atoms with Gasteiger partial charge in [-0.05, 0) is 18.2 Å². The van der Waals surface area contributed by atoms with Crippen molar-refractivity contribution in [3.63, 3.8) is 0 Å². The zero-order valence-corrected chi connectivity index (χ0v) is 11.4. The van der Waals surface area contributed by atoms with Gasteiger partial charge in [0.2, 0.25) is 0 Å². The van der Waals surface area contributed by atoms with Crippen LogP contribution in [0.2, 0.25) is 9.36 Å². The molecule has 1 N–H and O–H groups in total. The van der Waals surface area contributed by atoms with Crippen LogP contribution in [0.25, 0.3) is 0 Å². The van der Waals surface area contributed by atoms with Gasteiger partial charge in [0.1, 0.15) is 15.1 Å². The summed E-state index contributed by atoms with van der Waals surface area (Å²) < 4.78 is 5.91. The second kappa shape index (κ2) is 5.58. The van der Waals surface area contributed by atoms with E-state index in [1.54, 1.807) is 19.4 Å². The molecule has 0 fully saturated rings. The molecule has 0 atom stereocenters. The molecule has 0 aliphatic carbocycles. The molecule has 3 nitrogen and oxygen atoms in total. The van der Waals surface area contributed by atoms with Gasteiger partial charge in [-0.1, -0.05) is 23.2 Å². The number of hydrogen-bond acceptors (Lipinski definition) is 4. The standard InChI is InChI=1S/C11H10Cl2N2OS/c1-16-9-3-2-7(12)4-8(9)14-6-11-15-5-10(13)17-11/h2-5,14H,6H2,1H3. The van der Waals surface area contributed by atoms with Crippen LogP contribution in [-0.2, 0) is 6.54 Å². The van der Waals surface area contributed by atoms with E-state index in [1.165, 1.54) is 11.3 Å². The van der Waals surface area contributed by atoms with Crippen molar-refractivity contribution in [2.45, 2.75) is 6.54 Å². The fourth-order valence-corrected chi connectivity index (χ4v) is 2.43. The Labute approximate surface area is 113 Å². The highest BCUT2D eigenvalue weighted by atomic mass is 35.5. The maximum absolute atomic E-state index is 5.93. The number of hydrogen-bond donors (Lipinski definition) is 1. The molecule has 1 heterocycles. The summed E-state index contributed by atoms with van der Waals surface area (Å²) in [5.74, 6) is 0.747. The predicted molar refractivity (Wildman–Crippen MR) is 72.5 cm³/mol. The minimum Gasteiger partial charge on any atom is -0.495 e. The summed E-state index contributed by atoms with van der Waals surface area (Å²) in [6.45, 7) is 0.591. The lowest BCUT2D eigenvalue weighted by molar-refractivity contribution is 0.416.